The molecule has 0 aliphatic carbocycles. The summed E-state index contributed by atoms with van der Waals surface area (Å²) >= 11 is 0. The predicted molar refractivity (Wildman–Crippen MR) is 106 cm³/mol. The number of phenolic OH excluding ortho intramolecular Hbond substituents is 1. The Morgan fingerprint density at radius 3 is 2.29 bits per heavy atom. The molecular formula is C22H25NO5. The van der Waals surface area contributed by atoms with E-state index in [1.165, 1.54) is 7.11 Å². The number of para-hydroxylation sites is 1. The third-order valence-corrected chi connectivity index (χ3v) is 3.96. The second kappa shape index (κ2) is 10.3. The molecule has 2 aromatic rings. The molecule has 2 aromatic carbocycles. The van der Waals surface area contributed by atoms with Gasteiger partial charge in [0.05, 0.1) is 18.9 Å². The topological polar surface area (TPSA) is 85.2 Å². The van der Waals surface area contributed by atoms with E-state index in [0.29, 0.717) is 11.3 Å². The summed E-state index contributed by atoms with van der Waals surface area (Å²) in [7, 11) is 1.30. The van der Waals surface area contributed by atoms with Crippen LogP contribution in [0.15, 0.2) is 59.6 Å². The van der Waals surface area contributed by atoms with Crippen molar-refractivity contribution in [2.45, 2.75) is 38.8 Å². The summed E-state index contributed by atoms with van der Waals surface area (Å²) in [6, 6.07) is 15.1. The molecule has 0 aliphatic heterocycles. The van der Waals surface area contributed by atoms with Crippen molar-refractivity contribution in [1.29, 1.82) is 0 Å². The molecule has 0 saturated carbocycles. The summed E-state index contributed by atoms with van der Waals surface area (Å²) in [5.41, 5.74) is 1.69. The van der Waals surface area contributed by atoms with Crippen LogP contribution in [-0.2, 0) is 19.1 Å². The summed E-state index contributed by atoms with van der Waals surface area (Å²) in [4.78, 5) is 28.8. The van der Waals surface area contributed by atoms with Gasteiger partial charge in [-0.3, -0.25) is 9.79 Å². The van der Waals surface area contributed by atoms with Crippen LogP contribution in [0.3, 0.4) is 0 Å². The molecule has 6 heteroatoms. The zero-order valence-corrected chi connectivity index (χ0v) is 16.3. The SMILES string of the molecule is COC(=O)CCC(N=C(c1ccccc1)c1ccccc1O)C(=O)OC(C)C. The molecule has 148 valence electrons. The fourth-order valence-corrected chi connectivity index (χ4v) is 2.63. The average molecular weight is 383 g/mol. The molecule has 1 atom stereocenters. The summed E-state index contributed by atoms with van der Waals surface area (Å²) in [6.07, 6.45) is -0.142. The zero-order valence-electron chi connectivity index (χ0n) is 16.3. The zero-order chi connectivity index (χ0) is 20.5. The molecule has 0 spiro atoms. The van der Waals surface area contributed by atoms with Crippen LogP contribution in [0.1, 0.15) is 37.8 Å². The van der Waals surface area contributed by atoms with Crippen molar-refractivity contribution in [3.8, 4) is 5.75 Å². The van der Waals surface area contributed by atoms with Crippen molar-refractivity contribution in [1.82, 2.24) is 0 Å². The Kier molecular flexibility index (Phi) is 7.75. The summed E-state index contributed by atoms with van der Waals surface area (Å²) in [6.45, 7) is 3.50. The average Bonchev–Trinajstić information content (AvgIpc) is 2.68. The van der Waals surface area contributed by atoms with E-state index in [2.05, 4.69) is 9.73 Å². The Balaban J connectivity index is 2.49. The Morgan fingerprint density at radius 1 is 1.04 bits per heavy atom. The molecule has 0 fully saturated rings. The highest BCUT2D eigenvalue weighted by molar-refractivity contribution is 6.15. The van der Waals surface area contributed by atoms with Crippen LogP contribution in [0.2, 0.25) is 0 Å². The molecule has 0 saturated heterocycles. The predicted octanol–water partition coefficient (Wildman–Crippen LogP) is 3.50. The van der Waals surface area contributed by atoms with Crippen LogP contribution in [0.5, 0.6) is 5.75 Å². The number of carbonyl (C=O) groups is 2. The molecule has 0 heterocycles. The van der Waals surface area contributed by atoms with Crippen LogP contribution in [0.4, 0.5) is 0 Å². The number of hydrogen-bond donors (Lipinski definition) is 1. The third-order valence-electron chi connectivity index (χ3n) is 3.96. The monoisotopic (exact) mass is 383 g/mol. The number of nitrogens with zero attached hydrogens (tertiary/aromatic N) is 1. The molecule has 1 unspecified atom stereocenters. The minimum Gasteiger partial charge on any atom is -0.507 e. The summed E-state index contributed by atoms with van der Waals surface area (Å²) in [5, 5.41) is 10.3. The normalized spacial score (nSPS) is 12.5. The minimum absolute atomic E-state index is 0.0285. The number of ether oxygens (including phenoxy) is 2. The fourth-order valence-electron chi connectivity index (χ4n) is 2.63. The van der Waals surface area contributed by atoms with Crippen molar-refractivity contribution < 1.29 is 24.2 Å². The van der Waals surface area contributed by atoms with Gasteiger partial charge in [0, 0.05) is 17.5 Å². The van der Waals surface area contributed by atoms with E-state index in [-0.39, 0.29) is 24.7 Å². The maximum Gasteiger partial charge on any atom is 0.331 e. The number of aliphatic imine (C=N–C) groups is 1. The molecule has 6 nitrogen and oxygen atoms in total. The number of phenols is 1. The van der Waals surface area contributed by atoms with Gasteiger partial charge in [-0.15, -0.1) is 0 Å². The Hall–Kier alpha value is -3.15. The van der Waals surface area contributed by atoms with Gasteiger partial charge in [0.1, 0.15) is 11.8 Å². The second-order valence-corrected chi connectivity index (χ2v) is 6.48. The van der Waals surface area contributed by atoms with Gasteiger partial charge in [-0.25, -0.2) is 4.79 Å². The Morgan fingerprint density at radius 2 is 1.68 bits per heavy atom. The number of carbonyl (C=O) groups excluding carboxylic acids is 2. The van der Waals surface area contributed by atoms with Crippen LogP contribution in [-0.4, -0.2) is 42.0 Å². The number of esters is 2. The largest absolute Gasteiger partial charge is 0.507 e. The highest BCUT2D eigenvalue weighted by Crippen LogP contribution is 2.22. The van der Waals surface area contributed by atoms with Gasteiger partial charge in [0.2, 0.25) is 0 Å². The lowest BCUT2D eigenvalue weighted by molar-refractivity contribution is -0.149. The molecule has 1 N–H and O–H groups in total. The van der Waals surface area contributed by atoms with Crippen molar-refractivity contribution in [2.75, 3.05) is 7.11 Å². The van der Waals surface area contributed by atoms with Gasteiger partial charge in [-0.2, -0.15) is 0 Å². The van der Waals surface area contributed by atoms with Gasteiger partial charge in [-0.05, 0) is 32.4 Å². The smallest absolute Gasteiger partial charge is 0.331 e. The summed E-state index contributed by atoms with van der Waals surface area (Å²) < 4.78 is 10.00. The van der Waals surface area contributed by atoms with E-state index >= 15 is 0 Å². The van der Waals surface area contributed by atoms with Gasteiger partial charge in [0.15, 0.2) is 0 Å². The molecule has 2 rings (SSSR count). The van der Waals surface area contributed by atoms with Crippen LogP contribution in [0.25, 0.3) is 0 Å². The number of rotatable bonds is 8. The van der Waals surface area contributed by atoms with E-state index in [9.17, 15) is 14.7 Å². The first kappa shape index (κ1) is 21.2. The maximum absolute atomic E-state index is 12.6. The quantitative estimate of drug-likeness (QED) is 0.557. The van der Waals surface area contributed by atoms with Gasteiger partial charge < -0.3 is 14.6 Å². The maximum atomic E-state index is 12.6. The molecule has 28 heavy (non-hydrogen) atoms. The lowest BCUT2D eigenvalue weighted by atomic mass is 10.0. The molecular weight excluding hydrogens is 358 g/mol. The molecule has 0 amide bonds. The van der Waals surface area contributed by atoms with Gasteiger partial charge >= 0.3 is 11.9 Å². The molecule has 0 bridgehead atoms. The number of benzene rings is 2. The van der Waals surface area contributed by atoms with E-state index in [4.69, 9.17) is 4.74 Å². The molecule has 0 aliphatic rings. The first-order valence-corrected chi connectivity index (χ1v) is 9.11. The van der Waals surface area contributed by atoms with Gasteiger partial charge in [0.25, 0.3) is 0 Å². The first-order chi connectivity index (χ1) is 13.4. The van der Waals surface area contributed by atoms with Crippen molar-refractivity contribution >= 4 is 17.7 Å². The third kappa shape index (κ3) is 5.94. The van der Waals surface area contributed by atoms with E-state index < -0.39 is 18.0 Å². The first-order valence-electron chi connectivity index (χ1n) is 9.11. The second-order valence-electron chi connectivity index (χ2n) is 6.48. The van der Waals surface area contributed by atoms with E-state index in [1.54, 1.807) is 38.1 Å². The van der Waals surface area contributed by atoms with Crippen molar-refractivity contribution in [3.63, 3.8) is 0 Å². The van der Waals surface area contributed by atoms with Gasteiger partial charge in [-0.1, -0.05) is 42.5 Å². The standard InChI is InChI=1S/C22H25NO5/c1-15(2)28-22(26)18(13-14-20(25)27-3)23-21(16-9-5-4-6-10-16)17-11-7-8-12-19(17)24/h4-12,15,18,24H,13-14H2,1-3H3. The number of methoxy groups -OCH3 is 1. The highest BCUT2D eigenvalue weighted by atomic mass is 16.5. The Bertz CT molecular complexity index is 830. The highest BCUT2D eigenvalue weighted by Gasteiger charge is 2.24. The summed E-state index contributed by atoms with van der Waals surface area (Å²) in [5.74, 6) is -0.904. The van der Waals surface area contributed by atoms with Crippen molar-refractivity contribution in [3.05, 3.63) is 65.7 Å². The van der Waals surface area contributed by atoms with Crippen LogP contribution >= 0.6 is 0 Å². The fraction of sp³-hybridized carbons (Fsp3) is 0.318. The molecule has 0 aromatic heterocycles. The Labute approximate surface area is 164 Å². The van der Waals surface area contributed by atoms with Crippen molar-refractivity contribution in [2.24, 2.45) is 4.99 Å². The van der Waals surface area contributed by atoms with E-state index in [0.717, 1.165) is 5.56 Å². The van der Waals surface area contributed by atoms with Crippen LogP contribution in [0, 0.1) is 0 Å². The lowest BCUT2D eigenvalue weighted by Gasteiger charge is -2.17. The van der Waals surface area contributed by atoms with Crippen LogP contribution < -0.4 is 0 Å². The number of hydrogen-bond acceptors (Lipinski definition) is 6. The lowest BCUT2D eigenvalue weighted by Crippen LogP contribution is -2.27. The number of aromatic hydroxyl groups is 1. The minimum atomic E-state index is -0.906. The molecule has 0 radical (unpaired) electrons. The van der Waals surface area contributed by atoms with E-state index in [1.807, 2.05) is 30.3 Å².